The number of hydrogen-bond acceptors (Lipinski definition) is 1. The van der Waals surface area contributed by atoms with E-state index in [0.717, 1.165) is 17.4 Å². The molecule has 0 saturated heterocycles. The summed E-state index contributed by atoms with van der Waals surface area (Å²) in [5.74, 6) is 1.31. The maximum absolute atomic E-state index is 13.1. The van der Waals surface area contributed by atoms with Crippen molar-refractivity contribution in [1.82, 2.24) is 0 Å². The molecule has 0 aliphatic heterocycles. The van der Waals surface area contributed by atoms with Gasteiger partial charge in [-0.2, -0.15) is 0 Å². The van der Waals surface area contributed by atoms with Crippen LogP contribution < -0.4 is 0 Å². The predicted molar refractivity (Wildman–Crippen MR) is 116 cm³/mol. The van der Waals surface area contributed by atoms with Crippen LogP contribution in [0.25, 0.3) is 10.8 Å². The van der Waals surface area contributed by atoms with Crippen LogP contribution >= 0.6 is 0 Å². The molecule has 1 aliphatic rings. The lowest BCUT2D eigenvalue weighted by atomic mass is 10.0. The van der Waals surface area contributed by atoms with E-state index >= 15 is 0 Å². The number of benzene rings is 3. The van der Waals surface area contributed by atoms with E-state index in [1.165, 1.54) is 15.2 Å². The average molecular weight is 372 g/mol. The molecule has 2 atom stereocenters. The highest BCUT2D eigenvalue weighted by Crippen LogP contribution is 2.29. The highest BCUT2D eigenvalue weighted by molar-refractivity contribution is 8.01. The summed E-state index contributed by atoms with van der Waals surface area (Å²) < 4.78 is 0. The van der Waals surface area contributed by atoms with Crippen molar-refractivity contribution in [3.63, 3.8) is 0 Å². The molecule has 0 aromatic heterocycles. The number of carbonyl (C=O) groups excluding carboxylic acids is 1. The summed E-state index contributed by atoms with van der Waals surface area (Å²) in [7, 11) is -0.229. The number of allylic oxidation sites excluding steroid dienone is 3. The van der Waals surface area contributed by atoms with Crippen molar-refractivity contribution in [2.24, 2.45) is 5.92 Å². The fourth-order valence-corrected chi connectivity index (χ4v) is 5.42. The molecule has 134 valence electrons. The van der Waals surface area contributed by atoms with Crippen LogP contribution in [0.5, 0.6) is 0 Å². The first-order valence-electron chi connectivity index (χ1n) is 9.37. The van der Waals surface area contributed by atoms with Gasteiger partial charge in [-0.25, -0.2) is 0 Å². The summed E-state index contributed by atoms with van der Waals surface area (Å²) in [5, 5.41) is 2.29. The third-order valence-electron chi connectivity index (χ3n) is 4.94. The number of fused-ring (bicyclic) bond motifs is 1. The molecule has 0 spiro atoms. The fourth-order valence-electron chi connectivity index (χ4n) is 3.36. The molecule has 3 aromatic carbocycles. The van der Waals surface area contributed by atoms with E-state index in [1.807, 2.05) is 36.4 Å². The van der Waals surface area contributed by atoms with Crippen LogP contribution in [-0.4, -0.2) is 11.5 Å². The molecule has 0 amide bonds. The summed E-state index contributed by atoms with van der Waals surface area (Å²) >= 11 is 0. The van der Waals surface area contributed by atoms with Crippen molar-refractivity contribution < 1.29 is 4.79 Å². The number of rotatable bonds is 5. The van der Waals surface area contributed by atoms with Gasteiger partial charge in [0.15, 0.2) is 15.6 Å². The van der Waals surface area contributed by atoms with Gasteiger partial charge in [0.25, 0.3) is 0 Å². The molecule has 4 rings (SSSR count). The number of ketones is 1. The van der Waals surface area contributed by atoms with Crippen LogP contribution in [0.15, 0.2) is 101 Å². The highest BCUT2D eigenvalue weighted by Gasteiger charge is 2.31. The number of carbonyl (C=O) groups is 1. The van der Waals surface area contributed by atoms with Crippen molar-refractivity contribution >= 4 is 27.5 Å². The zero-order valence-corrected chi connectivity index (χ0v) is 16.3. The van der Waals surface area contributed by atoms with Crippen LogP contribution in [0.3, 0.4) is 0 Å². The van der Waals surface area contributed by atoms with Crippen molar-refractivity contribution in [1.29, 1.82) is 0 Å². The topological polar surface area (TPSA) is 17.1 Å². The normalized spacial score (nSPS) is 17.5. The maximum atomic E-state index is 13.1. The minimum Gasteiger partial charge on any atom is -0.289 e. The molecule has 0 fully saturated rings. The lowest BCUT2D eigenvalue weighted by molar-refractivity contribution is 0.102. The van der Waals surface area contributed by atoms with Gasteiger partial charge in [0.1, 0.15) is 0 Å². The molecule has 0 heterocycles. The average Bonchev–Trinajstić information content (AvgIpc) is 2.73. The number of Topliss-reactive ketones (excluding diaryl/α,β-unsaturated/α-hetero) is 1. The van der Waals surface area contributed by atoms with Gasteiger partial charge in [-0.3, -0.25) is 4.79 Å². The SMILES string of the molecule is CC1C=CC([S+](CC(=O)c2ccc3ccccc3c2)c2ccccc2)=CC1. The van der Waals surface area contributed by atoms with Gasteiger partial charge in [-0.1, -0.05) is 67.6 Å². The first kappa shape index (κ1) is 17.8. The van der Waals surface area contributed by atoms with Gasteiger partial charge in [0.2, 0.25) is 5.78 Å². The molecule has 27 heavy (non-hydrogen) atoms. The summed E-state index contributed by atoms with van der Waals surface area (Å²) in [6.07, 6.45) is 7.84. The molecule has 0 N–H and O–H groups in total. The summed E-state index contributed by atoms with van der Waals surface area (Å²) in [4.78, 5) is 15.7. The Morgan fingerprint density at radius 3 is 2.44 bits per heavy atom. The first-order chi connectivity index (χ1) is 13.2. The van der Waals surface area contributed by atoms with Crippen molar-refractivity contribution in [3.8, 4) is 0 Å². The molecular formula is C25H23OS+. The van der Waals surface area contributed by atoms with Crippen LogP contribution in [0.4, 0.5) is 0 Å². The molecule has 1 aliphatic carbocycles. The molecular weight excluding hydrogens is 348 g/mol. The van der Waals surface area contributed by atoms with Crippen LogP contribution in [-0.2, 0) is 10.9 Å². The molecule has 3 aromatic rings. The third-order valence-corrected chi connectivity index (χ3v) is 7.20. The van der Waals surface area contributed by atoms with Gasteiger partial charge >= 0.3 is 0 Å². The largest absolute Gasteiger partial charge is 0.289 e. The summed E-state index contributed by atoms with van der Waals surface area (Å²) in [5.41, 5.74) is 0.802. The molecule has 0 radical (unpaired) electrons. The van der Waals surface area contributed by atoms with Crippen molar-refractivity contribution in [2.45, 2.75) is 18.2 Å². The number of hydrogen-bond donors (Lipinski definition) is 0. The summed E-state index contributed by atoms with van der Waals surface area (Å²) in [6.45, 7) is 2.23. The van der Waals surface area contributed by atoms with E-state index in [2.05, 4.69) is 61.5 Å². The fraction of sp³-hybridized carbons (Fsp3) is 0.160. The molecule has 2 heteroatoms. The van der Waals surface area contributed by atoms with E-state index in [9.17, 15) is 4.79 Å². The zero-order chi connectivity index (χ0) is 18.6. The Balaban J connectivity index is 1.64. The Labute approximate surface area is 163 Å². The van der Waals surface area contributed by atoms with E-state index in [0.29, 0.717) is 11.7 Å². The Bertz CT molecular complexity index is 1020. The Hall–Kier alpha value is -2.58. The van der Waals surface area contributed by atoms with E-state index in [1.54, 1.807) is 0 Å². The van der Waals surface area contributed by atoms with Gasteiger partial charge in [0.05, 0.1) is 10.9 Å². The quantitative estimate of drug-likeness (QED) is 0.387. The predicted octanol–water partition coefficient (Wildman–Crippen LogP) is 6.18. The maximum Gasteiger partial charge on any atom is 0.212 e. The second kappa shape index (κ2) is 7.98. The lowest BCUT2D eigenvalue weighted by Gasteiger charge is -2.13. The van der Waals surface area contributed by atoms with Crippen LogP contribution in [0.1, 0.15) is 23.7 Å². The van der Waals surface area contributed by atoms with Crippen molar-refractivity contribution in [2.75, 3.05) is 5.75 Å². The molecule has 0 bridgehead atoms. The minimum absolute atomic E-state index is 0.209. The second-order valence-electron chi connectivity index (χ2n) is 7.01. The standard InChI is InChI=1S/C25H23OS/c1-19-11-15-24(16-12-19)27(23-9-3-2-4-10-23)18-25(26)22-14-13-20-7-5-6-8-21(20)17-22/h2-11,13-17,19H,12,18H2,1H3/q+1. The highest BCUT2D eigenvalue weighted by atomic mass is 32.2. The van der Waals surface area contributed by atoms with Crippen LogP contribution in [0.2, 0.25) is 0 Å². The van der Waals surface area contributed by atoms with Crippen LogP contribution in [0, 0.1) is 5.92 Å². The third kappa shape index (κ3) is 4.06. The van der Waals surface area contributed by atoms with Gasteiger partial charge in [0, 0.05) is 5.56 Å². The first-order valence-corrected chi connectivity index (χ1v) is 10.8. The van der Waals surface area contributed by atoms with E-state index < -0.39 is 0 Å². The van der Waals surface area contributed by atoms with Gasteiger partial charge < -0.3 is 0 Å². The molecule has 2 unspecified atom stereocenters. The summed E-state index contributed by atoms with van der Waals surface area (Å²) in [6, 6.07) is 24.7. The monoisotopic (exact) mass is 371 g/mol. The Kier molecular flexibility index (Phi) is 5.26. The van der Waals surface area contributed by atoms with Crippen molar-refractivity contribution in [3.05, 3.63) is 101 Å². The van der Waals surface area contributed by atoms with E-state index in [-0.39, 0.29) is 16.7 Å². The minimum atomic E-state index is -0.229. The molecule has 0 saturated carbocycles. The van der Waals surface area contributed by atoms with Gasteiger partial charge in [-0.05, 0) is 53.5 Å². The van der Waals surface area contributed by atoms with Gasteiger partial charge in [-0.15, -0.1) is 0 Å². The zero-order valence-electron chi connectivity index (χ0n) is 15.5. The Morgan fingerprint density at radius 2 is 1.70 bits per heavy atom. The molecule has 1 nitrogen and oxygen atoms in total. The lowest BCUT2D eigenvalue weighted by Crippen LogP contribution is -2.19. The second-order valence-corrected chi connectivity index (χ2v) is 9.02. The van der Waals surface area contributed by atoms with E-state index in [4.69, 9.17) is 0 Å². The Morgan fingerprint density at radius 1 is 0.963 bits per heavy atom. The smallest absolute Gasteiger partial charge is 0.212 e.